The van der Waals surface area contributed by atoms with E-state index in [0.717, 1.165) is 26.8 Å². The Balaban J connectivity index is 0.00000150. The molecule has 0 spiro atoms. The van der Waals surface area contributed by atoms with Crippen molar-refractivity contribution in [2.24, 2.45) is 0 Å². The molecule has 0 saturated carbocycles. The van der Waals surface area contributed by atoms with Crippen molar-refractivity contribution in [3.8, 4) is 0 Å². The summed E-state index contributed by atoms with van der Waals surface area (Å²) in [7, 11) is -3.29. The van der Waals surface area contributed by atoms with E-state index >= 15 is 0 Å². The molecule has 0 saturated heterocycles. The number of sulfone groups is 1. The maximum atomic E-state index is 12.7. The zero-order valence-corrected chi connectivity index (χ0v) is 17.5. The van der Waals surface area contributed by atoms with Gasteiger partial charge in [0.25, 0.3) is 0 Å². The van der Waals surface area contributed by atoms with Gasteiger partial charge >= 0.3 is 5.97 Å². The number of carbonyl (C=O) groups is 1. The van der Waals surface area contributed by atoms with Crippen molar-refractivity contribution >= 4 is 48.6 Å². The van der Waals surface area contributed by atoms with Crippen LogP contribution < -0.4 is 0 Å². The van der Waals surface area contributed by atoms with E-state index in [4.69, 9.17) is 4.74 Å². The largest absolute Gasteiger partial charge is 0.451 e. The Labute approximate surface area is 170 Å². The molecule has 154 valence electrons. The Kier molecular flexibility index (Phi) is 5.97. The Morgan fingerprint density at radius 1 is 1.00 bits per heavy atom. The summed E-state index contributed by atoms with van der Waals surface area (Å²) in [5.74, 6) is -0.383. The number of carbonyl (C=O) groups excluding carboxylic acids is 1. The number of cyclic esters (lactones) is 1. The third kappa shape index (κ3) is 3.92. The zero-order chi connectivity index (χ0) is 19.4. The molecular weight excluding hydrogens is 420 g/mol. The summed E-state index contributed by atoms with van der Waals surface area (Å²) in [5.41, 5.74) is 1.96. The number of fused-ring (bicyclic) bond motifs is 1. The maximum Gasteiger partial charge on any atom is 0.340 e. The molecule has 1 aliphatic heterocycles. The van der Waals surface area contributed by atoms with Crippen molar-refractivity contribution in [3.63, 3.8) is 0 Å². The molecule has 4 rings (SSSR count). The van der Waals surface area contributed by atoms with Gasteiger partial charge in [-0.3, -0.25) is 9.41 Å². The first-order valence-corrected chi connectivity index (χ1v) is 11.0. The van der Waals surface area contributed by atoms with Gasteiger partial charge in [0, 0.05) is 23.4 Å². The second kappa shape index (κ2) is 7.64. The summed E-state index contributed by atoms with van der Waals surface area (Å²) in [6.07, 6.45) is 2.96. The van der Waals surface area contributed by atoms with Gasteiger partial charge in [-0.05, 0) is 54.7 Å². The first-order chi connectivity index (χ1) is 12.7. The number of ether oxygens (including phenoxy) is 1. The number of nitrogens with zero attached hydrogens (tertiary/aromatic N) is 1. The molecule has 29 heavy (non-hydrogen) atoms. The van der Waals surface area contributed by atoms with Crippen LogP contribution in [-0.2, 0) is 19.4 Å². The normalized spacial score (nSPS) is 15.6. The van der Waals surface area contributed by atoms with Crippen LogP contribution in [0.25, 0.3) is 21.2 Å². The fraction of sp³-hybridized carbons (Fsp3) is 0.200. The monoisotopic (exact) mass is 439 g/mol. The number of hydrogen-bond acceptors (Lipinski definition) is 6. The van der Waals surface area contributed by atoms with Gasteiger partial charge < -0.3 is 4.74 Å². The standard InChI is InChI=1S/C20H17NO4S2.2FH/c1-20(2)18(12-6-8-15(9-7-12)27(3,23)24)17(19(22)25-20)13-4-5-14-11-21-26-16(14)10-13;;/h4-11H,1-3H3;2*1H. The van der Waals surface area contributed by atoms with Crippen LogP contribution in [0.4, 0.5) is 9.41 Å². The van der Waals surface area contributed by atoms with Gasteiger partial charge in [-0.15, -0.1) is 0 Å². The molecule has 0 amide bonds. The van der Waals surface area contributed by atoms with Crippen molar-refractivity contribution in [2.75, 3.05) is 6.26 Å². The molecule has 0 aliphatic carbocycles. The van der Waals surface area contributed by atoms with Gasteiger partial charge in [-0.1, -0.05) is 24.3 Å². The minimum absolute atomic E-state index is 0. The van der Waals surface area contributed by atoms with Crippen LogP contribution in [-0.4, -0.2) is 30.6 Å². The van der Waals surface area contributed by atoms with Crippen molar-refractivity contribution in [3.05, 3.63) is 59.8 Å². The Morgan fingerprint density at radius 2 is 1.62 bits per heavy atom. The zero-order valence-electron chi connectivity index (χ0n) is 15.8. The average Bonchev–Trinajstić information content (AvgIpc) is 3.14. The molecule has 1 aromatic heterocycles. The first kappa shape index (κ1) is 22.6. The van der Waals surface area contributed by atoms with Crippen LogP contribution in [0.1, 0.15) is 25.0 Å². The molecule has 1 aliphatic rings. The van der Waals surface area contributed by atoms with Gasteiger partial charge in [0.15, 0.2) is 9.84 Å². The highest BCUT2D eigenvalue weighted by molar-refractivity contribution is 7.90. The molecule has 2 heterocycles. The van der Waals surface area contributed by atoms with Gasteiger partial charge in [-0.2, -0.15) is 4.37 Å². The summed E-state index contributed by atoms with van der Waals surface area (Å²) >= 11 is 1.37. The number of rotatable bonds is 3. The van der Waals surface area contributed by atoms with Crippen molar-refractivity contribution in [1.29, 1.82) is 0 Å². The molecule has 0 N–H and O–H groups in total. The molecule has 0 atom stereocenters. The Hall–Kier alpha value is -2.65. The Bertz CT molecular complexity index is 1210. The lowest BCUT2D eigenvalue weighted by molar-refractivity contribution is -0.141. The van der Waals surface area contributed by atoms with Crippen LogP contribution in [0.3, 0.4) is 0 Å². The summed E-state index contributed by atoms with van der Waals surface area (Å²) in [5, 5.41) is 1.02. The van der Waals surface area contributed by atoms with Crippen LogP contribution in [0, 0.1) is 0 Å². The topological polar surface area (TPSA) is 73.3 Å². The van der Waals surface area contributed by atoms with E-state index in [0.29, 0.717) is 5.57 Å². The summed E-state index contributed by atoms with van der Waals surface area (Å²) in [4.78, 5) is 12.9. The molecule has 0 unspecified atom stereocenters. The van der Waals surface area contributed by atoms with Gasteiger partial charge in [-0.25, -0.2) is 13.2 Å². The molecule has 0 radical (unpaired) electrons. The predicted molar refractivity (Wildman–Crippen MR) is 111 cm³/mol. The number of halogens is 2. The maximum absolute atomic E-state index is 12.7. The average molecular weight is 440 g/mol. The predicted octanol–water partition coefficient (Wildman–Crippen LogP) is 4.25. The summed E-state index contributed by atoms with van der Waals surface area (Å²) in [6, 6.07) is 12.3. The van der Waals surface area contributed by atoms with Crippen molar-refractivity contribution in [2.45, 2.75) is 24.3 Å². The number of aromatic nitrogens is 1. The van der Waals surface area contributed by atoms with E-state index in [1.807, 2.05) is 32.0 Å². The van der Waals surface area contributed by atoms with E-state index in [9.17, 15) is 13.2 Å². The number of benzene rings is 2. The van der Waals surface area contributed by atoms with Crippen molar-refractivity contribution < 1.29 is 27.4 Å². The molecule has 5 nitrogen and oxygen atoms in total. The third-order valence-corrected chi connectivity index (χ3v) is 6.51. The summed E-state index contributed by atoms with van der Waals surface area (Å²) in [6.45, 7) is 3.67. The van der Waals surface area contributed by atoms with Gasteiger partial charge in [0.2, 0.25) is 0 Å². The van der Waals surface area contributed by atoms with E-state index in [-0.39, 0.29) is 20.3 Å². The number of hydrogen-bond donors (Lipinski definition) is 0. The second-order valence-corrected chi connectivity index (χ2v) is 9.87. The van der Waals surface area contributed by atoms with Crippen molar-refractivity contribution in [1.82, 2.24) is 4.37 Å². The molecule has 2 aromatic carbocycles. The fourth-order valence-electron chi connectivity index (χ4n) is 3.38. The highest BCUT2D eigenvalue weighted by Crippen LogP contribution is 2.44. The minimum atomic E-state index is -3.29. The van der Waals surface area contributed by atoms with Crippen LogP contribution in [0.5, 0.6) is 0 Å². The van der Waals surface area contributed by atoms with Crippen LogP contribution in [0.2, 0.25) is 0 Å². The van der Waals surface area contributed by atoms with Gasteiger partial charge in [0.1, 0.15) is 5.60 Å². The number of esters is 1. The third-order valence-electron chi connectivity index (χ3n) is 4.62. The van der Waals surface area contributed by atoms with E-state index in [1.54, 1.807) is 30.5 Å². The lowest BCUT2D eigenvalue weighted by Crippen LogP contribution is -2.22. The second-order valence-electron chi connectivity index (χ2n) is 7.02. The molecule has 0 bridgehead atoms. The van der Waals surface area contributed by atoms with Gasteiger partial charge in [0.05, 0.1) is 15.2 Å². The summed E-state index contributed by atoms with van der Waals surface area (Å²) < 4.78 is 34.3. The molecule has 3 aromatic rings. The van der Waals surface area contributed by atoms with E-state index in [2.05, 4.69) is 4.37 Å². The lowest BCUT2D eigenvalue weighted by Gasteiger charge is -2.21. The molecular formula is C20H19F2NO4S2. The molecule has 9 heteroatoms. The quantitative estimate of drug-likeness (QED) is 0.571. The van der Waals surface area contributed by atoms with Crippen LogP contribution in [0.15, 0.2) is 53.6 Å². The van der Waals surface area contributed by atoms with E-state index < -0.39 is 15.4 Å². The fourth-order valence-corrected chi connectivity index (χ4v) is 4.69. The first-order valence-electron chi connectivity index (χ1n) is 8.30. The SMILES string of the molecule is CC1(C)OC(=O)C(c2ccc3cnsc3c2)=C1c1ccc(S(C)(=O)=O)cc1.F.F. The van der Waals surface area contributed by atoms with E-state index in [1.165, 1.54) is 17.8 Å². The lowest BCUT2D eigenvalue weighted by atomic mass is 9.87. The Morgan fingerprint density at radius 3 is 2.24 bits per heavy atom. The smallest absolute Gasteiger partial charge is 0.340 e. The molecule has 0 fully saturated rings. The highest BCUT2D eigenvalue weighted by Gasteiger charge is 2.41. The minimum Gasteiger partial charge on any atom is -0.451 e. The van der Waals surface area contributed by atoms with Crippen LogP contribution >= 0.6 is 11.5 Å². The highest BCUT2D eigenvalue weighted by atomic mass is 32.2.